The molecule has 6 rings (SSSR count). The number of hydrogen-bond donors (Lipinski definition) is 2. The molecule has 2 atom stereocenters. The third-order valence-corrected chi connectivity index (χ3v) is 8.70. The second-order valence-corrected chi connectivity index (χ2v) is 10.7. The van der Waals surface area contributed by atoms with Crippen molar-refractivity contribution in [2.75, 3.05) is 19.6 Å². The van der Waals surface area contributed by atoms with Gasteiger partial charge in [0.25, 0.3) is 0 Å². The molecular weight excluding hydrogens is 472 g/mol. The summed E-state index contributed by atoms with van der Waals surface area (Å²) in [4.78, 5) is 6.42. The zero-order valence-electron chi connectivity index (χ0n) is 18.7. The van der Waals surface area contributed by atoms with Crippen LogP contribution in [0.25, 0.3) is 10.9 Å². The van der Waals surface area contributed by atoms with Crippen LogP contribution < -0.4 is 0 Å². The second-order valence-electron chi connectivity index (χ2n) is 9.82. The number of phenols is 1. The molecule has 1 aliphatic heterocycles. The topological polar surface area (TPSA) is 39.3 Å². The Morgan fingerprint density at radius 2 is 1.88 bits per heavy atom. The van der Waals surface area contributed by atoms with Gasteiger partial charge < -0.3 is 15.0 Å². The van der Waals surface area contributed by atoms with Crippen LogP contribution in [-0.4, -0.2) is 34.6 Å². The lowest BCUT2D eigenvalue weighted by molar-refractivity contribution is 0.0822. The summed E-state index contributed by atoms with van der Waals surface area (Å²) in [6.45, 7) is 3.30. The minimum absolute atomic E-state index is 0.0579. The van der Waals surface area contributed by atoms with Gasteiger partial charge in [-0.15, -0.1) is 0 Å². The van der Waals surface area contributed by atoms with E-state index >= 15 is 0 Å². The SMILES string of the molecule is Oc1cccc([C@]23CCN(CCc4ccccc4)CC2Cc2c([nH]c4c(Br)cccc24)C3)c1. The van der Waals surface area contributed by atoms with Gasteiger partial charge >= 0.3 is 0 Å². The van der Waals surface area contributed by atoms with Crippen molar-refractivity contribution in [1.82, 2.24) is 9.88 Å². The smallest absolute Gasteiger partial charge is 0.115 e. The highest BCUT2D eigenvalue weighted by atomic mass is 79.9. The minimum Gasteiger partial charge on any atom is -0.508 e. The number of phenolic OH excluding ortho intramolecular Hbond substituents is 1. The number of nitrogens with one attached hydrogen (secondary N) is 1. The van der Waals surface area contributed by atoms with E-state index in [4.69, 9.17) is 0 Å². The van der Waals surface area contributed by atoms with E-state index in [-0.39, 0.29) is 5.41 Å². The highest BCUT2D eigenvalue weighted by Crippen LogP contribution is 2.50. The first kappa shape index (κ1) is 21.0. The summed E-state index contributed by atoms with van der Waals surface area (Å²) in [5, 5.41) is 11.7. The maximum atomic E-state index is 10.3. The van der Waals surface area contributed by atoms with Crippen LogP contribution in [0.2, 0.25) is 0 Å². The molecule has 3 nitrogen and oxygen atoms in total. The largest absolute Gasteiger partial charge is 0.508 e. The van der Waals surface area contributed by atoms with Crippen LogP contribution in [0.5, 0.6) is 5.75 Å². The van der Waals surface area contributed by atoms with Crippen molar-refractivity contribution in [3.8, 4) is 5.75 Å². The Hall–Kier alpha value is -2.56. The molecule has 1 unspecified atom stereocenters. The fourth-order valence-corrected chi connectivity index (χ4v) is 6.77. The molecule has 0 amide bonds. The standard InChI is InChI=1S/C29H29BrN2O/c30-26-11-5-10-24-25-17-22-19-32(14-12-20-6-2-1-3-7-20)15-13-29(22,18-27(25)31-28(24)26)21-8-4-9-23(33)16-21/h1-11,16,22,31,33H,12-15,17-19H2/t22?,29-/m1/s1. The van der Waals surface area contributed by atoms with E-state index in [0.29, 0.717) is 11.7 Å². The normalized spacial score (nSPS) is 22.8. The lowest BCUT2D eigenvalue weighted by Crippen LogP contribution is -2.54. The van der Waals surface area contributed by atoms with E-state index < -0.39 is 0 Å². The maximum absolute atomic E-state index is 10.3. The lowest BCUT2D eigenvalue weighted by atomic mass is 9.58. The average molecular weight is 501 g/mol. The van der Waals surface area contributed by atoms with Gasteiger partial charge in [0.15, 0.2) is 0 Å². The van der Waals surface area contributed by atoms with Crippen molar-refractivity contribution in [2.24, 2.45) is 5.92 Å². The van der Waals surface area contributed by atoms with Gasteiger partial charge in [-0.05, 0) is 89.0 Å². The number of fused-ring (bicyclic) bond motifs is 4. The Labute approximate surface area is 203 Å². The molecule has 0 saturated carbocycles. The molecule has 2 heterocycles. The van der Waals surface area contributed by atoms with Gasteiger partial charge in [-0.2, -0.15) is 0 Å². The minimum atomic E-state index is 0.0579. The van der Waals surface area contributed by atoms with Gasteiger partial charge in [-0.1, -0.05) is 54.6 Å². The van der Waals surface area contributed by atoms with E-state index in [1.54, 1.807) is 6.07 Å². The third-order valence-electron chi connectivity index (χ3n) is 8.04. The van der Waals surface area contributed by atoms with Crippen LogP contribution in [0, 0.1) is 5.92 Å². The van der Waals surface area contributed by atoms with Crippen molar-refractivity contribution < 1.29 is 5.11 Å². The van der Waals surface area contributed by atoms with E-state index in [9.17, 15) is 5.11 Å². The van der Waals surface area contributed by atoms with E-state index in [2.05, 4.69) is 80.4 Å². The monoisotopic (exact) mass is 500 g/mol. The molecule has 0 bridgehead atoms. The number of aromatic amines is 1. The molecule has 2 N–H and O–H groups in total. The summed E-state index contributed by atoms with van der Waals surface area (Å²) in [5.74, 6) is 0.895. The van der Waals surface area contributed by atoms with Gasteiger partial charge in [0.2, 0.25) is 0 Å². The number of H-pyrrole nitrogens is 1. The van der Waals surface area contributed by atoms with Crippen molar-refractivity contribution in [2.45, 2.75) is 31.1 Å². The summed E-state index contributed by atoms with van der Waals surface area (Å²) in [7, 11) is 0. The zero-order valence-corrected chi connectivity index (χ0v) is 20.3. The summed E-state index contributed by atoms with van der Waals surface area (Å²) in [5.41, 5.74) is 6.83. The lowest BCUT2D eigenvalue weighted by Gasteiger charge is -2.51. The van der Waals surface area contributed by atoms with E-state index in [1.807, 2.05) is 12.1 Å². The predicted octanol–water partition coefficient (Wildman–Crippen LogP) is 6.24. The van der Waals surface area contributed by atoms with Crippen LogP contribution in [0.3, 0.4) is 0 Å². The molecule has 4 heteroatoms. The van der Waals surface area contributed by atoms with Crippen molar-refractivity contribution in [3.05, 3.63) is 99.7 Å². The summed E-state index contributed by atoms with van der Waals surface area (Å²) in [6.07, 6.45) is 4.29. The fourth-order valence-electron chi connectivity index (χ4n) is 6.30. The number of hydrogen-bond acceptors (Lipinski definition) is 2. The van der Waals surface area contributed by atoms with Crippen molar-refractivity contribution in [1.29, 1.82) is 0 Å². The first-order valence-corrected chi connectivity index (χ1v) is 12.8. The van der Waals surface area contributed by atoms with Crippen LogP contribution in [-0.2, 0) is 24.7 Å². The third kappa shape index (κ3) is 3.70. The fraction of sp³-hybridized carbons (Fsp3) is 0.310. The Morgan fingerprint density at radius 1 is 1.03 bits per heavy atom. The molecule has 33 heavy (non-hydrogen) atoms. The Bertz CT molecular complexity index is 1300. The number of para-hydroxylation sites is 1. The molecule has 2 aliphatic rings. The number of piperidine rings is 1. The van der Waals surface area contributed by atoms with Crippen molar-refractivity contribution in [3.63, 3.8) is 0 Å². The van der Waals surface area contributed by atoms with E-state index in [1.165, 1.54) is 33.3 Å². The van der Waals surface area contributed by atoms with E-state index in [0.717, 1.165) is 49.8 Å². The van der Waals surface area contributed by atoms with Gasteiger partial charge in [-0.25, -0.2) is 0 Å². The highest BCUT2D eigenvalue weighted by Gasteiger charge is 2.48. The first-order valence-electron chi connectivity index (χ1n) is 12.0. The summed E-state index contributed by atoms with van der Waals surface area (Å²) < 4.78 is 1.13. The average Bonchev–Trinajstić information content (AvgIpc) is 3.20. The summed E-state index contributed by atoms with van der Waals surface area (Å²) in [6, 6.07) is 25.4. The molecule has 3 aromatic carbocycles. The second kappa shape index (κ2) is 8.34. The van der Waals surface area contributed by atoms with Crippen LogP contribution >= 0.6 is 15.9 Å². The molecule has 0 spiro atoms. The molecule has 4 aromatic rings. The van der Waals surface area contributed by atoms with Crippen LogP contribution in [0.1, 0.15) is 28.8 Å². The Kier molecular flexibility index (Phi) is 5.31. The Balaban J connectivity index is 1.36. The quantitative estimate of drug-likeness (QED) is 0.348. The molecule has 168 valence electrons. The molecule has 1 aliphatic carbocycles. The number of aromatic nitrogens is 1. The number of benzene rings is 3. The van der Waals surface area contributed by atoms with Crippen LogP contribution in [0.4, 0.5) is 0 Å². The van der Waals surface area contributed by atoms with Crippen LogP contribution in [0.15, 0.2) is 77.3 Å². The number of likely N-dealkylation sites (tertiary alicyclic amines) is 1. The molecule has 1 aromatic heterocycles. The molecule has 1 saturated heterocycles. The molecule has 0 radical (unpaired) electrons. The van der Waals surface area contributed by atoms with Crippen molar-refractivity contribution >= 4 is 26.8 Å². The van der Waals surface area contributed by atoms with Gasteiger partial charge in [-0.3, -0.25) is 0 Å². The molecular formula is C29H29BrN2O. The maximum Gasteiger partial charge on any atom is 0.115 e. The van der Waals surface area contributed by atoms with Gasteiger partial charge in [0.1, 0.15) is 5.75 Å². The Morgan fingerprint density at radius 3 is 2.73 bits per heavy atom. The first-order chi connectivity index (χ1) is 16.1. The summed E-state index contributed by atoms with van der Waals surface area (Å²) >= 11 is 3.75. The van der Waals surface area contributed by atoms with Gasteiger partial charge in [0, 0.05) is 34.1 Å². The zero-order chi connectivity index (χ0) is 22.4. The number of rotatable bonds is 4. The molecule has 1 fully saturated rings. The number of halogens is 1. The highest BCUT2D eigenvalue weighted by molar-refractivity contribution is 9.10. The number of aromatic hydroxyl groups is 1. The number of nitrogens with zero attached hydrogens (tertiary/aromatic N) is 1. The van der Waals surface area contributed by atoms with Gasteiger partial charge in [0.05, 0.1) is 5.52 Å². The predicted molar refractivity (Wildman–Crippen MR) is 138 cm³/mol.